The molecule has 2 aliphatic rings. The zero-order valence-corrected chi connectivity index (χ0v) is 27.9. The van der Waals surface area contributed by atoms with E-state index in [9.17, 15) is 0 Å². The zero-order chi connectivity index (χ0) is 28.6. The second kappa shape index (κ2) is 13.1. The van der Waals surface area contributed by atoms with Crippen LogP contribution in [0.15, 0.2) is 12.1 Å². The third kappa shape index (κ3) is 5.23. The van der Waals surface area contributed by atoms with Crippen molar-refractivity contribution in [2.75, 3.05) is 0 Å². The van der Waals surface area contributed by atoms with Gasteiger partial charge in [-0.2, -0.15) is 0 Å². The first kappa shape index (κ1) is 31.3. The van der Waals surface area contributed by atoms with Gasteiger partial charge in [-0.15, -0.1) is 0 Å². The largest absolute Gasteiger partial charge is 0.354 e. The third-order valence-corrected chi connectivity index (χ3v) is 8.86. The molecule has 0 unspecified atom stereocenters. The summed E-state index contributed by atoms with van der Waals surface area (Å²) < 4.78 is 2.57. The van der Waals surface area contributed by atoms with Crippen LogP contribution in [0.25, 0.3) is 45.9 Å². The molecule has 2 aliphatic heterocycles. The van der Waals surface area contributed by atoms with Gasteiger partial charge < -0.3 is 9.55 Å². The van der Waals surface area contributed by atoms with Gasteiger partial charge in [-0.05, 0) is 116 Å². The van der Waals surface area contributed by atoms with Gasteiger partial charge in [-0.3, -0.25) is 0 Å². The summed E-state index contributed by atoms with van der Waals surface area (Å²) in [7, 11) is 0. The number of allylic oxidation sites excluding steroid dienone is 1. The predicted octanol–water partition coefficient (Wildman–Crippen LogP) is 9.30. The van der Waals surface area contributed by atoms with Crippen LogP contribution in [0.4, 0.5) is 0 Å². The van der Waals surface area contributed by atoms with Crippen molar-refractivity contribution in [2.45, 2.75) is 107 Å². The fraction of sp³-hybridized carbons (Fsp3) is 0.444. The van der Waals surface area contributed by atoms with E-state index in [4.69, 9.17) is 9.97 Å². The van der Waals surface area contributed by atoms with Crippen LogP contribution in [0.3, 0.4) is 0 Å². The average Bonchev–Trinajstić information content (AvgIpc) is 3.73. The van der Waals surface area contributed by atoms with Gasteiger partial charge in [0.25, 0.3) is 0 Å². The predicted molar refractivity (Wildman–Crippen MR) is 174 cm³/mol. The van der Waals surface area contributed by atoms with E-state index >= 15 is 0 Å². The van der Waals surface area contributed by atoms with E-state index in [1.165, 1.54) is 61.0 Å². The number of aromatic amines is 1. The molecule has 0 saturated heterocycles. The number of aromatic nitrogens is 4. The van der Waals surface area contributed by atoms with Gasteiger partial charge in [0.1, 0.15) is 0 Å². The Balaban J connectivity index is 0.00000387. The maximum atomic E-state index is 5.22. The van der Waals surface area contributed by atoms with Gasteiger partial charge in [0, 0.05) is 55.9 Å². The van der Waals surface area contributed by atoms with E-state index in [1.54, 1.807) is 0 Å². The van der Waals surface area contributed by atoms with Gasteiger partial charge in [-0.25, -0.2) is 9.97 Å². The molecule has 0 radical (unpaired) electrons. The molecule has 1 N–H and O–H groups in total. The van der Waals surface area contributed by atoms with Gasteiger partial charge >= 0.3 is 0 Å². The van der Waals surface area contributed by atoms with E-state index in [-0.39, 0.29) is 21.7 Å². The van der Waals surface area contributed by atoms with Crippen molar-refractivity contribution in [1.29, 1.82) is 0 Å². The Morgan fingerprint density at radius 2 is 1.15 bits per heavy atom. The first-order chi connectivity index (χ1) is 19.5. The molecular weight excluding hydrogens is 536 g/mol. The summed E-state index contributed by atoms with van der Waals surface area (Å²) in [6, 6.07) is 4.45. The van der Waals surface area contributed by atoms with Gasteiger partial charge in [-0.1, -0.05) is 48.5 Å². The summed E-state index contributed by atoms with van der Waals surface area (Å²) in [6.07, 6.45) is 13.5. The minimum atomic E-state index is 0. The number of nitrogens with zero attached hydrogens (tertiary/aromatic N) is 3. The molecule has 0 aliphatic carbocycles. The topological polar surface area (TPSA) is 46.5 Å². The molecule has 8 bridgehead atoms. The third-order valence-electron chi connectivity index (χ3n) is 8.86. The van der Waals surface area contributed by atoms with Crippen LogP contribution >= 0.6 is 0 Å². The summed E-state index contributed by atoms with van der Waals surface area (Å²) in [5, 5.41) is 0. The summed E-state index contributed by atoms with van der Waals surface area (Å²) in [5.41, 5.74) is 19.4. The van der Waals surface area contributed by atoms with Crippen LogP contribution in [-0.2, 0) is 66.8 Å². The summed E-state index contributed by atoms with van der Waals surface area (Å²) in [4.78, 5) is 14.3. The van der Waals surface area contributed by atoms with Gasteiger partial charge in [0.2, 0.25) is 0 Å². The standard InChI is InChI=1S/C36H46N4.Ti/c1-9-22-19-25-20-23-17-18-24(37-23)21-32-26(10-2)29(13-5)36(40(32)16-8)31(15-7)35-28(12-4)27(11-3)34(39-35)30(14-6)33(22)38-25;/h17-21,39H,9-16H2,1-8H3;. The van der Waals surface area contributed by atoms with Crippen LogP contribution in [0, 0.1) is 0 Å². The van der Waals surface area contributed by atoms with E-state index in [0.717, 1.165) is 74.3 Å². The molecule has 0 amide bonds. The van der Waals surface area contributed by atoms with Crippen LogP contribution in [0.2, 0.25) is 0 Å². The van der Waals surface area contributed by atoms with E-state index in [1.807, 2.05) is 0 Å². The Morgan fingerprint density at radius 1 is 0.585 bits per heavy atom. The minimum Gasteiger partial charge on any atom is -0.354 e. The number of H-pyrrole nitrogens is 1. The smallest absolute Gasteiger partial charge is 0.0722 e. The summed E-state index contributed by atoms with van der Waals surface area (Å²) in [5.74, 6) is 0. The molecule has 0 fully saturated rings. The second-order valence-electron chi connectivity index (χ2n) is 10.8. The van der Waals surface area contributed by atoms with Gasteiger partial charge in [0.15, 0.2) is 0 Å². The number of hydrogen-bond acceptors (Lipinski definition) is 2. The number of nitrogens with one attached hydrogen (secondary N) is 1. The quantitative estimate of drug-likeness (QED) is 0.211. The SMILES string of the molecule is CCC1=Cc2cc3nc(cc4c(CC)c(CC)c(c(CC)c5[nH]c(c(CC)c1n2)c(CC)c5CC)n4CC)C=C3.[Ti]. The molecule has 214 valence electrons. The molecule has 0 saturated carbocycles. The molecule has 5 rings (SSSR count). The Morgan fingerprint density at radius 3 is 1.68 bits per heavy atom. The van der Waals surface area contributed by atoms with Gasteiger partial charge in [0.05, 0.1) is 22.8 Å². The van der Waals surface area contributed by atoms with Crippen molar-refractivity contribution < 1.29 is 21.7 Å². The molecule has 3 aromatic heterocycles. The van der Waals surface area contributed by atoms with Crippen molar-refractivity contribution in [3.05, 3.63) is 68.3 Å². The molecule has 3 aromatic rings. The Hall–Kier alpha value is -2.69. The van der Waals surface area contributed by atoms with E-state index in [0.29, 0.717) is 0 Å². The van der Waals surface area contributed by atoms with Crippen molar-refractivity contribution in [1.82, 2.24) is 19.5 Å². The van der Waals surface area contributed by atoms with Crippen molar-refractivity contribution in [2.24, 2.45) is 0 Å². The fourth-order valence-corrected chi connectivity index (χ4v) is 7.09. The molecule has 5 heteroatoms. The zero-order valence-electron chi connectivity index (χ0n) is 26.4. The van der Waals surface area contributed by atoms with Crippen LogP contribution in [-0.4, -0.2) is 19.5 Å². The summed E-state index contributed by atoms with van der Waals surface area (Å²) in [6.45, 7) is 19.3. The van der Waals surface area contributed by atoms with Crippen molar-refractivity contribution in [3.63, 3.8) is 0 Å². The normalized spacial score (nSPS) is 12.5. The fourth-order valence-electron chi connectivity index (χ4n) is 7.09. The van der Waals surface area contributed by atoms with E-state index < -0.39 is 0 Å². The molecule has 41 heavy (non-hydrogen) atoms. The number of aryl methyl sites for hydroxylation is 7. The van der Waals surface area contributed by atoms with Crippen LogP contribution < -0.4 is 0 Å². The average molecular weight is 583 g/mol. The first-order valence-electron chi connectivity index (χ1n) is 15.7. The number of fused-ring (bicyclic) bond motifs is 8. The van der Waals surface area contributed by atoms with Crippen molar-refractivity contribution in [3.8, 4) is 0 Å². The maximum Gasteiger partial charge on any atom is 0.0722 e. The Labute approximate surface area is 261 Å². The number of hydrogen-bond donors (Lipinski definition) is 1. The number of rotatable bonds is 8. The molecule has 5 heterocycles. The first-order valence-corrected chi connectivity index (χ1v) is 15.7. The molecular formula is C36H46N4Ti. The molecule has 0 spiro atoms. The summed E-state index contributed by atoms with van der Waals surface area (Å²) >= 11 is 0. The Kier molecular flexibility index (Phi) is 9.98. The molecule has 0 atom stereocenters. The minimum absolute atomic E-state index is 0. The van der Waals surface area contributed by atoms with Crippen molar-refractivity contribution >= 4 is 45.9 Å². The van der Waals surface area contributed by atoms with E-state index in [2.05, 4.69) is 95.3 Å². The monoisotopic (exact) mass is 582 g/mol. The second-order valence-corrected chi connectivity index (χ2v) is 10.8. The van der Waals surface area contributed by atoms with Crippen LogP contribution in [0.1, 0.15) is 118 Å². The molecule has 4 nitrogen and oxygen atoms in total. The molecule has 0 aromatic carbocycles. The van der Waals surface area contributed by atoms with Crippen LogP contribution in [0.5, 0.6) is 0 Å². The Bertz CT molecular complexity index is 1680. The maximum absolute atomic E-state index is 5.22.